The van der Waals surface area contributed by atoms with Gasteiger partial charge in [-0.2, -0.15) is 0 Å². The van der Waals surface area contributed by atoms with E-state index in [2.05, 4.69) is 4.72 Å². The lowest BCUT2D eigenvalue weighted by atomic mass is 10.2. The van der Waals surface area contributed by atoms with E-state index >= 15 is 0 Å². The van der Waals surface area contributed by atoms with E-state index in [1.807, 2.05) is 0 Å². The Bertz CT molecular complexity index is 539. The maximum Gasteiger partial charge on any atom is 0.235 e. The van der Waals surface area contributed by atoms with Crippen molar-refractivity contribution in [1.29, 1.82) is 0 Å². The van der Waals surface area contributed by atoms with Crippen LogP contribution in [0, 0.1) is 0 Å². The third-order valence-corrected chi connectivity index (χ3v) is 4.30. The predicted molar refractivity (Wildman–Crippen MR) is 73.8 cm³/mol. The van der Waals surface area contributed by atoms with E-state index in [9.17, 15) is 8.42 Å². The summed E-state index contributed by atoms with van der Waals surface area (Å²) in [7, 11) is -1.97. The smallest absolute Gasteiger partial charge is 0.235 e. The molecule has 0 aliphatic carbocycles. The molecule has 0 radical (unpaired) electrons. The van der Waals surface area contributed by atoms with Crippen molar-refractivity contribution in [3.05, 3.63) is 18.2 Å². The molecule has 1 aliphatic rings. The number of nitrogen functional groups attached to an aromatic ring is 1. The Morgan fingerprint density at radius 2 is 2.32 bits per heavy atom. The minimum atomic E-state index is -3.48. The van der Waals surface area contributed by atoms with Crippen molar-refractivity contribution in [2.75, 3.05) is 29.9 Å². The van der Waals surface area contributed by atoms with Crippen LogP contribution >= 0.6 is 0 Å². The first-order valence-corrected chi connectivity index (χ1v) is 7.71. The largest absolute Gasteiger partial charge is 0.497 e. The van der Waals surface area contributed by atoms with Crippen LogP contribution < -0.4 is 15.2 Å². The molecule has 1 aromatic rings. The zero-order valence-corrected chi connectivity index (χ0v) is 11.6. The fourth-order valence-corrected chi connectivity index (χ4v) is 3.33. The number of methoxy groups -OCH3 is 1. The topological polar surface area (TPSA) is 90.6 Å². The molecule has 0 spiro atoms. The molecular formula is C12H18N2O4S. The summed E-state index contributed by atoms with van der Waals surface area (Å²) in [5.74, 6) is 0.493. The first kappa shape index (κ1) is 14.0. The van der Waals surface area contributed by atoms with Gasteiger partial charge in [0.15, 0.2) is 0 Å². The number of anilines is 2. The quantitative estimate of drug-likeness (QED) is 0.794. The highest BCUT2D eigenvalue weighted by molar-refractivity contribution is 7.92. The van der Waals surface area contributed by atoms with E-state index in [4.69, 9.17) is 15.2 Å². The minimum Gasteiger partial charge on any atom is -0.497 e. The highest BCUT2D eigenvalue weighted by Gasteiger charge is 2.23. The Kier molecular flexibility index (Phi) is 4.16. The Morgan fingerprint density at radius 1 is 1.53 bits per heavy atom. The summed E-state index contributed by atoms with van der Waals surface area (Å²) >= 11 is 0. The van der Waals surface area contributed by atoms with Gasteiger partial charge in [-0.1, -0.05) is 0 Å². The molecule has 1 aromatic carbocycles. The summed E-state index contributed by atoms with van der Waals surface area (Å²) < 4.78 is 36.9. The lowest BCUT2D eigenvalue weighted by Gasteiger charge is -2.14. The number of rotatable bonds is 5. The molecule has 1 unspecified atom stereocenters. The first-order chi connectivity index (χ1) is 9.00. The highest BCUT2D eigenvalue weighted by Crippen LogP contribution is 2.26. The van der Waals surface area contributed by atoms with E-state index in [0.717, 1.165) is 12.8 Å². The number of benzene rings is 1. The molecule has 0 saturated carbocycles. The van der Waals surface area contributed by atoms with Gasteiger partial charge in [-0.25, -0.2) is 8.42 Å². The van der Waals surface area contributed by atoms with Crippen LogP contribution in [-0.4, -0.2) is 34.0 Å². The molecule has 3 N–H and O–H groups in total. The van der Waals surface area contributed by atoms with Crippen molar-refractivity contribution in [3.63, 3.8) is 0 Å². The maximum atomic E-state index is 12.0. The zero-order chi connectivity index (χ0) is 13.9. The monoisotopic (exact) mass is 286 g/mol. The van der Waals surface area contributed by atoms with Crippen molar-refractivity contribution in [2.24, 2.45) is 0 Å². The molecule has 19 heavy (non-hydrogen) atoms. The summed E-state index contributed by atoms with van der Waals surface area (Å²) in [6, 6.07) is 4.83. The van der Waals surface area contributed by atoms with Crippen LogP contribution in [0.4, 0.5) is 11.4 Å². The summed E-state index contributed by atoms with van der Waals surface area (Å²) in [6.07, 6.45) is 1.44. The number of ether oxygens (including phenoxy) is 2. The maximum absolute atomic E-state index is 12.0. The van der Waals surface area contributed by atoms with Gasteiger partial charge in [0, 0.05) is 12.7 Å². The number of hydrogen-bond acceptors (Lipinski definition) is 5. The molecule has 0 bridgehead atoms. The lowest BCUT2D eigenvalue weighted by Crippen LogP contribution is -2.26. The minimum absolute atomic E-state index is 0.0519. The van der Waals surface area contributed by atoms with Gasteiger partial charge in [-0.15, -0.1) is 0 Å². The van der Waals surface area contributed by atoms with Gasteiger partial charge in [-0.05, 0) is 25.0 Å². The van der Waals surface area contributed by atoms with E-state index in [-0.39, 0.29) is 11.9 Å². The molecule has 6 nitrogen and oxygen atoms in total. The Hall–Kier alpha value is -1.47. The van der Waals surface area contributed by atoms with Gasteiger partial charge >= 0.3 is 0 Å². The standard InChI is InChI=1S/C12H18N2O4S/c1-17-9-4-5-11(13)12(7-9)14-19(15,16)8-10-3-2-6-18-10/h4-5,7,10,14H,2-3,6,8,13H2,1H3. The fourth-order valence-electron chi connectivity index (χ4n) is 1.98. The van der Waals surface area contributed by atoms with Crippen molar-refractivity contribution < 1.29 is 17.9 Å². The average Bonchev–Trinajstić information content (AvgIpc) is 2.83. The highest BCUT2D eigenvalue weighted by atomic mass is 32.2. The van der Waals surface area contributed by atoms with E-state index in [1.165, 1.54) is 7.11 Å². The van der Waals surface area contributed by atoms with Gasteiger partial charge < -0.3 is 15.2 Å². The molecule has 1 heterocycles. The van der Waals surface area contributed by atoms with Crippen molar-refractivity contribution in [1.82, 2.24) is 0 Å². The molecule has 1 saturated heterocycles. The van der Waals surface area contributed by atoms with E-state index < -0.39 is 10.0 Å². The summed E-state index contributed by atoms with van der Waals surface area (Å²) in [5.41, 5.74) is 6.43. The molecular weight excluding hydrogens is 268 g/mol. The van der Waals surface area contributed by atoms with Crippen molar-refractivity contribution in [3.8, 4) is 5.75 Å². The van der Waals surface area contributed by atoms with Gasteiger partial charge in [0.25, 0.3) is 0 Å². The second kappa shape index (κ2) is 5.66. The number of nitrogens with one attached hydrogen (secondary N) is 1. The number of sulfonamides is 1. The molecule has 2 rings (SSSR count). The molecule has 1 atom stereocenters. The normalized spacial score (nSPS) is 19.3. The molecule has 7 heteroatoms. The van der Waals surface area contributed by atoms with E-state index in [0.29, 0.717) is 23.7 Å². The van der Waals surface area contributed by atoms with Crippen LogP contribution in [-0.2, 0) is 14.8 Å². The predicted octanol–water partition coefficient (Wildman–Crippen LogP) is 1.20. The Labute approximate surface area is 112 Å². The lowest BCUT2D eigenvalue weighted by molar-refractivity contribution is 0.127. The summed E-state index contributed by atoms with van der Waals surface area (Å²) in [5, 5.41) is 0. The zero-order valence-electron chi connectivity index (χ0n) is 10.8. The second-order valence-electron chi connectivity index (χ2n) is 4.47. The summed E-state index contributed by atoms with van der Waals surface area (Å²) in [4.78, 5) is 0. The van der Waals surface area contributed by atoms with Crippen molar-refractivity contribution >= 4 is 21.4 Å². The molecule has 1 aliphatic heterocycles. The molecule has 106 valence electrons. The first-order valence-electron chi connectivity index (χ1n) is 6.06. The van der Waals surface area contributed by atoms with Crippen LogP contribution in [0.2, 0.25) is 0 Å². The third kappa shape index (κ3) is 3.74. The SMILES string of the molecule is COc1ccc(N)c(NS(=O)(=O)CC2CCCO2)c1. The van der Waals surface area contributed by atoms with Crippen molar-refractivity contribution in [2.45, 2.75) is 18.9 Å². The van der Waals surface area contributed by atoms with Crippen LogP contribution in [0.1, 0.15) is 12.8 Å². The van der Waals surface area contributed by atoms with Gasteiger partial charge in [-0.3, -0.25) is 4.72 Å². The van der Waals surface area contributed by atoms with Crippen LogP contribution in [0.15, 0.2) is 18.2 Å². The Balaban J connectivity index is 2.10. The van der Waals surface area contributed by atoms with Gasteiger partial charge in [0.1, 0.15) is 5.75 Å². The van der Waals surface area contributed by atoms with Crippen LogP contribution in [0.3, 0.4) is 0 Å². The van der Waals surface area contributed by atoms with E-state index in [1.54, 1.807) is 18.2 Å². The number of hydrogen-bond donors (Lipinski definition) is 2. The average molecular weight is 286 g/mol. The molecule has 0 aromatic heterocycles. The fraction of sp³-hybridized carbons (Fsp3) is 0.500. The van der Waals surface area contributed by atoms with Gasteiger partial charge in [0.05, 0.1) is 30.3 Å². The molecule has 1 fully saturated rings. The summed E-state index contributed by atoms with van der Waals surface area (Å²) in [6.45, 7) is 0.626. The Morgan fingerprint density at radius 3 is 2.95 bits per heavy atom. The van der Waals surface area contributed by atoms with Gasteiger partial charge in [0.2, 0.25) is 10.0 Å². The third-order valence-electron chi connectivity index (χ3n) is 2.96. The molecule has 0 amide bonds. The van der Waals surface area contributed by atoms with Crippen LogP contribution in [0.25, 0.3) is 0 Å². The number of nitrogens with two attached hydrogens (primary N) is 1. The second-order valence-corrected chi connectivity index (χ2v) is 6.24. The van der Waals surface area contributed by atoms with Crippen LogP contribution in [0.5, 0.6) is 5.75 Å².